The molecule has 6 nitrogen and oxygen atoms in total. The van der Waals surface area contributed by atoms with E-state index >= 15 is 0 Å². The summed E-state index contributed by atoms with van der Waals surface area (Å²) < 4.78 is 0. The number of hydrogen-bond acceptors (Lipinski definition) is 5. The van der Waals surface area contributed by atoms with Gasteiger partial charge in [-0.25, -0.2) is 9.97 Å². The normalized spacial score (nSPS) is 17.3. The molecule has 23 heavy (non-hydrogen) atoms. The van der Waals surface area contributed by atoms with E-state index in [0.29, 0.717) is 12.2 Å². The number of nitrogens with zero attached hydrogens (tertiary/aromatic N) is 3. The number of carbonyl (C=O) groups is 2. The monoisotopic (exact) mass is 328 g/mol. The van der Waals surface area contributed by atoms with Gasteiger partial charge in [0.05, 0.1) is 5.92 Å². The SMILES string of the molecule is CN1C[C@@H](C(=O)Nc2ccnc(Sc3ccccn3)c2)CC1=O. The zero-order chi connectivity index (χ0) is 16.2. The van der Waals surface area contributed by atoms with Gasteiger partial charge >= 0.3 is 0 Å². The van der Waals surface area contributed by atoms with Gasteiger partial charge in [-0.2, -0.15) is 0 Å². The van der Waals surface area contributed by atoms with E-state index in [9.17, 15) is 9.59 Å². The van der Waals surface area contributed by atoms with Crippen molar-refractivity contribution in [3.8, 4) is 0 Å². The minimum atomic E-state index is -0.299. The van der Waals surface area contributed by atoms with Crippen LogP contribution in [0.25, 0.3) is 0 Å². The molecule has 3 rings (SSSR count). The number of aromatic nitrogens is 2. The average Bonchev–Trinajstić information content (AvgIpc) is 2.88. The second-order valence-corrected chi connectivity index (χ2v) is 6.36. The molecule has 1 fully saturated rings. The fourth-order valence-corrected chi connectivity index (χ4v) is 3.12. The Labute approximate surface area is 138 Å². The molecule has 3 heterocycles. The van der Waals surface area contributed by atoms with Crippen LogP contribution in [0.1, 0.15) is 6.42 Å². The molecule has 1 aliphatic rings. The van der Waals surface area contributed by atoms with Gasteiger partial charge in [0.15, 0.2) is 0 Å². The molecule has 0 spiro atoms. The number of amides is 2. The molecule has 0 bridgehead atoms. The molecular formula is C16H16N4O2S. The Hall–Kier alpha value is -2.41. The Morgan fingerprint density at radius 1 is 1.26 bits per heavy atom. The van der Waals surface area contributed by atoms with Crippen molar-refractivity contribution in [2.24, 2.45) is 5.92 Å². The molecule has 0 unspecified atom stereocenters. The molecule has 2 aromatic rings. The number of pyridine rings is 2. The van der Waals surface area contributed by atoms with Crippen molar-refractivity contribution in [3.63, 3.8) is 0 Å². The summed E-state index contributed by atoms with van der Waals surface area (Å²) in [5.41, 5.74) is 0.672. The Morgan fingerprint density at radius 2 is 2.09 bits per heavy atom. The quantitative estimate of drug-likeness (QED) is 0.929. The minimum Gasteiger partial charge on any atom is -0.345 e. The van der Waals surface area contributed by atoms with E-state index < -0.39 is 0 Å². The lowest BCUT2D eigenvalue weighted by Crippen LogP contribution is -2.25. The van der Waals surface area contributed by atoms with Crippen molar-refractivity contribution < 1.29 is 9.59 Å². The van der Waals surface area contributed by atoms with Gasteiger partial charge in [0, 0.05) is 38.1 Å². The zero-order valence-electron chi connectivity index (χ0n) is 12.6. The zero-order valence-corrected chi connectivity index (χ0v) is 13.4. The first-order chi connectivity index (χ1) is 11.1. The number of anilines is 1. The van der Waals surface area contributed by atoms with Crippen LogP contribution in [0.2, 0.25) is 0 Å². The fourth-order valence-electron chi connectivity index (χ4n) is 2.34. The van der Waals surface area contributed by atoms with Crippen LogP contribution >= 0.6 is 11.8 Å². The maximum Gasteiger partial charge on any atom is 0.229 e. The van der Waals surface area contributed by atoms with Crippen molar-refractivity contribution in [1.82, 2.24) is 14.9 Å². The van der Waals surface area contributed by atoms with E-state index in [1.165, 1.54) is 11.8 Å². The Kier molecular flexibility index (Phi) is 4.57. The van der Waals surface area contributed by atoms with Crippen LogP contribution in [0.15, 0.2) is 52.8 Å². The van der Waals surface area contributed by atoms with Gasteiger partial charge in [-0.15, -0.1) is 0 Å². The van der Waals surface area contributed by atoms with Crippen LogP contribution in [-0.2, 0) is 9.59 Å². The Bertz CT molecular complexity index is 723. The molecule has 118 valence electrons. The molecule has 7 heteroatoms. The summed E-state index contributed by atoms with van der Waals surface area (Å²) in [5, 5.41) is 4.45. The lowest BCUT2D eigenvalue weighted by Gasteiger charge is -2.11. The largest absolute Gasteiger partial charge is 0.345 e. The second-order valence-electron chi connectivity index (χ2n) is 5.32. The first-order valence-electron chi connectivity index (χ1n) is 7.21. The molecule has 0 saturated carbocycles. The highest BCUT2D eigenvalue weighted by molar-refractivity contribution is 7.99. The first kappa shape index (κ1) is 15.5. The van der Waals surface area contributed by atoms with Gasteiger partial charge in [-0.1, -0.05) is 17.8 Å². The van der Waals surface area contributed by atoms with E-state index in [0.717, 1.165) is 10.1 Å². The molecule has 0 radical (unpaired) electrons. The minimum absolute atomic E-state index is 0.00581. The van der Waals surface area contributed by atoms with Crippen molar-refractivity contribution in [2.75, 3.05) is 18.9 Å². The number of hydrogen-bond donors (Lipinski definition) is 1. The predicted molar refractivity (Wildman–Crippen MR) is 87.0 cm³/mol. The molecular weight excluding hydrogens is 312 g/mol. The van der Waals surface area contributed by atoms with E-state index in [-0.39, 0.29) is 24.2 Å². The van der Waals surface area contributed by atoms with Gasteiger partial charge in [0.2, 0.25) is 11.8 Å². The molecule has 2 aromatic heterocycles. The molecule has 0 aliphatic carbocycles. The van der Waals surface area contributed by atoms with Crippen molar-refractivity contribution in [3.05, 3.63) is 42.7 Å². The standard InChI is InChI=1S/C16H16N4O2S/c1-20-10-11(8-15(20)21)16(22)19-12-5-7-18-14(9-12)23-13-4-2-3-6-17-13/h2-7,9,11H,8,10H2,1H3,(H,18,19,22)/t11-/m0/s1. The van der Waals surface area contributed by atoms with E-state index in [1.54, 1.807) is 36.5 Å². The summed E-state index contributed by atoms with van der Waals surface area (Å²) >= 11 is 1.43. The third-order valence-electron chi connectivity index (χ3n) is 3.56. The molecule has 2 amide bonds. The van der Waals surface area contributed by atoms with Gasteiger partial charge in [-0.05, 0) is 24.3 Å². The summed E-state index contributed by atoms with van der Waals surface area (Å²) in [7, 11) is 1.71. The van der Waals surface area contributed by atoms with Crippen molar-refractivity contribution in [1.29, 1.82) is 0 Å². The number of carbonyl (C=O) groups excluding carboxylic acids is 2. The van der Waals surface area contributed by atoms with Gasteiger partial charge in [0.25, 0.3) is 0 Å². The smallest absolute Gasteiger partial charge is 0.229 e. The molecule has 1 saturated heterocycles. The second kappa shape index (κ2) is 6.78. The average molecular weight is 328 g/mol. The van der Waals surface area contributed by atoms with E-state index in [2.05, 4.69) is 15.3 Å². The Morgan fingerprint density at radius 3 is 2.78 bits per heavy atom. The molecule has 1 atom stereocenters. The number of rotatable bonds is 4. The van der Waals surface area contributed by atoms with Crippen LogP contribution in [0.4, 0.5) is 5.69 Å². The van der Waals surface area contributed by atoms with Crippen LogP contribution in [-0.4, -0.2) is 40.3 Å². The van der Waals surface area contributed by atoms with Crippen LogP contribution in [0, 0.1) is 5.92 Å². The Balaban J connectivity index is 1.66. The third kappa shape index (κ3) is 3.87. The van der Waals surface area contributed by atoms with E-state index in [1.807, 2.05) is 18.2 Å². The van der Waals surface area contributed by atoms with Crippen molar-refractivity contribution in [2.45, 2.75) is 16.5 Å². The number of likely N-dealkylation sites (tertiary alicyclic amines) is 1. The highest BCUT2D eigenvalue weighted by atomic mass is 32.2. The third-order valence-corrected chi connectivity index (χ3v) is 4.44. The highest BCUT2D eigenvalue weighted by Gasteiger charge is 2.32. The highest BCUT2D eigenvalue weighted by Crippen LogP contribution is 2.26. The summed E-state index contributed by atoms with van der Waals surface area (Å²) in [6.07, 6.45) is 3.64. The molecule has 1 N–H and O–H groups in total. The molecule has 1 aliphatic heterocycles. The van der Waals surface area contributed by atoms with Gasteiger partial charge < -0.3 is 10.2 Å². The van der Waals surface area contributed by atoms with E-state index in [4.69, 9.17) is 0 Å². The van der Waals surface area contributed by atoms with Crippen molar-refractivity contribution >= 4 is 29.3 Å². The van der Waals surface area contributed by atoms with Gasteiger partial charge in [-0.3, -0.25) is 9.59 Å². The summed E-state index contributed by atoms with van der Waals surface area (Å²) in [4.78, 5) is 33.9. The van der Waals surface area contributed by atoms with Crippen LogP contribution in [0.3, 0.4) is 0 Å². The lowest BCUT2D eigenvalue weighted by molar-refractivity contribution is -0.127. The summed E-state index contributed by atoms with van der Waals surface area (Å²) in [5.74, 6) is -0.429. The van der Waals surface area contributed by atoms with Crippen LogP contribution < -0.4 is 5.32 Å². The maximum atomic E-state index is 12.2. The first-order valence-corrected chi connectivity index (χ1v) is 8.03. The summed E-state index contributed by atoms with van der Waals surface area (Å²) in [6.45, 7) is 0.464. The predicted octanol–water partition coefficient (Wildman–Crippen LogP) is 2.04. The van der Waals surface area contributed by atoms with Gasteiger partial charge in [0.1, 0.15) is 10.1 Å². The topological polar surface area (TPSA) is 75.2 Å². The maximum absolute atomic E-state index is 12.2. The number of nitrogens with one attached hydrogen (secondary N) is 1. The van der Waals surface area contributed by atoms with Crippen LogP contribution in [0.5, 0.6) is 0 Å². The fraction of sp³-hybridized carbons (Fsp3) is 0.250. The summed E-state index contributed by atoms with van der Waals surface area (Å²) in [6, 6.07) is 9.21. The molecule has 0 aromatic carbocycles. The lowest BCUT2D eigenvalue weighted by atomic mass is 10.1.